The predicted molar refractivity (Wildman–Crippen MR) is 82.0 cm³/mol. The summed E-state index contributed by atoms with van der Waals surface area (Å²) in [5.74, 6) is -3.54. The standard InChI is InChI=1S/C15H11ClF3NOS/c16-11-5-2-6-12(14(11)22-15(18)19)20-13(21)8-9-3-1-4-10(17)7-9/h1-7,15H,8H2,(H,20,21). The van der Waals surface area contributed by atoms with Crippen LogP contribution < -0.4 is 5.32 Å². The molecule has 0 heterocycles. The molecule has 0 fully saturated rings. The molecule has 2 aromatic rings. The van der Waals surface area contributed by atoms with Crippen LogP contribution in [0.2, 0.25) is 5.02 Å². The Balaban J connectivity index is 2.13. The van der Waals surface area contributed by atoms with Crippen molar-refractivity contribution >= 4 is 35.0 Å². The monoisotopic (exact) mass is 345 g/mol. The van der Waals surface area contributed by atoms with E-state index in [1.165, 1.54) is 30.3 Å². The molecule has 0 atom stereocenters. The van der Waals surface area contributed by atoms with E-state index in [-0.39, 0.29) is 33.8 Å². The van der Waals surface area contributed by atoms with Gasteiger partial charge in [-0.3, -0.25) is 4.79 Å². The summed E-state index contributed by atoms with van der Waals surface area (Å²) in [4.78, 5) is 12.1. The summed E-state index contributed by atoms with van der Waals surface area (Å²) in [6.45, 7) is 0. The lowest BCUT2D eigenvalue weighted by atomic mass is 10.1. The third-order valence-electron chi connectivity index (χ3n) is 2.70. The molecule has 22 heavy (non-hydrogen) atoms. The highest BCUT2D eigenvalue weighted by atomic mass is 35.5. The molecule has 116 valence electrons. The number of amides is 1. The minimum Gasteiger partial charge on any atom is -0.325 e. The number of anilines is 1. The summed E-state index contributed by atoms with van der Waals surface area (Å²) >= 11 is 6.15. The van der Waals surface area contributed by atoms with Crippen LogP contribution >= 0.6 is 23.4 Å². The van der Waals surface area contributed by atoms with Crippen LogP contribution in [-0.2, 0) is 11.2 Å². The van der Waals surface area contributed by atoms with Crippen molar-refractivity contribution in [2.75, 3.05) is 5.32 Å². The van der Waals surface area contributed by atoms with Crippen LogP contribution in [0.4, 0.5) is 18.9 Å². The molecular weight excluding hydrogens is 335 g/mol. The Hall–Kier alpha value is -1.66. The lowest BCUT2D eigenvalue weighted by Gasteiger charge is -2.12. The smallest absolute Gasteiger partial charge is 0.289 e. The molecule has 0 saturated carbocycles. The van der Waals surface area contributed by atoms with Gasteiger partial charge in [-0.2, -0.15) is 8.78 Å². The van der Waals surface area contributed by atoms with Gasteiger partial charge in [0.15, 0.2) is 0 Å². The summed E-state index contributed by atoms with van der Waals surface area (Å²) in [7, 11) is 0. The topological polar surface area (TPSA) is 29.1 Å². The van der Waals surface area contributed by atoms with E-state index >= 15 is 0 Å². The first kappa shape index (κ1) is 16.7. The maximum Gasteiger partial charge on any atom is 0.289 e. The number of hydrogen-bond acceptors (Lipinski definition) is 2. The van der Waals surface area contributed by atoms with Gasteiger partial charge < -0.3 is 5.32 Å². The van der Waals surface area contributed by atoms with Crippen LogP contribution in [0.15, 0.2) is 47.4 Å². The number of carbonyl (C=O) groups is 1. The average molecular weight is 346 g/mol. The van der Waals surface area contributed by atoms with Crippen LogP contribution in [0.1, 0.15) is 5.56 Å². The Morgan fingerprint density at radius 1 is 1.23 bits per heavy atom. The maximum absolute atomic E-state index is 13.1. The van der Waals surface area contributed by atoms with Crippen LogP contribution in [0.3, 0.4) is 0 Å². The molecular formula is C15H11ClF3NOS. The van der Waals surface area contributed by atoms with Crippen molar-refractivity contribution in [1.29, 1.82) is 0 Å². The van der Waals surface area contributed by atoms with Gasteiger partial charge in [0.1, 0.15) is 5.82 Å². The summed E-state index contributed by atoms with van der Waals surface area (Å²) < 4.78 is 38.2. The van der Waals surface area contributed by atoms with Crippen LogP contribution in [0.25, 0.3) is 0 Å². The van der Waals surface area contributed by atoms with Crippen LogP contribution in [-0.4, -0.2) is 11.7 Å². The van der Waals surface area contributed by atoms with E-state index in [9.17, 15) is 18.0 Å². The molecule has 7 heteroatoms. The molecule has 0 saturated heterocycles. The van der Waals surface area contributed by atoms with E-state index in [4.69, 9.17) is 11.6 Å². The molecule has 0 radical (unpaired) electrons. The molecule has 0 aliphatic heterocycles. The SMILES string of the molecule is O=C(Cc1cccc(F)c1)Nc1cccc(Cl)c1SC(F)F. The Bertz CT molecular complexity index is 682. The van der Waals surface area contributed by atoms with Gasteiger partial charge in [-0.15, -0.1) is 0 Å². The zero-order valence-electron chi connectivity index (χ0n) is 11.2. The molecule has 2 aromatic carbocycles. The number of nitrogens with one attached hydrogen (secondary N) is 1. The first-order valence-electron chi connectivity index (χ1n) is 6.23. The maximum atomic E-state index is 13.1. The molecule has 0 spiro atoms. The van der Waals surface area contributed by atoms with Crippen molar-refractivity contribution in [3.05, 3.63) is 58.9 Å². The number of benzene rings is 2. The summed E-state index contributed by atoms with van der Waals surface area (Å²) in [5.41, 5.74) is 0.696. The van der Waals surface area contributed by atoms with Crippen molar-refractivity contribution in [2.45, 2.75) is 17.1 Å². The molecule has 0 unspecified atom stereocenters. The fourth-order valence-corrected chi connectivity index (χ4v) is 2.76. The minimum absolute atomic E-state index is 0.0664. The van der Waals surface area contributed by atoms with E-state index in [1.807, 2.05) is 0 Å². The van der Waals surface area contributed by atoms with Crippen LogP contribution in [0.5, 0.6) is 0 Å². The molecule has 1 amide bonds. The first-order chi connectivity index (χ1) is 10.5. The van der Waals surface area contributed by atoms with Crippen molar-refractivity contribution in [3.63, 3.8) is 0 Å². The second-order valence-corrected chi connectivity index (χ2v) is 5.76. The number of halogens is 4. The average Bonchev–Trinajstić information content (AvgIpc) is 2.42. The third kappa shape index (κ3) is 4.68. The molecule has 2 rings (SSSR count). The molecule has 2 nitrogen and oxygen atoms in total. The van der Waals surface area contributed by atoms with Gasteiger partial charge in [0, 0.05) is 0 Å². The zero-order chi connectivity index (χ0) is 16.1. The van der Waals surface area contributed by atoms with Gasteiger partial charge in [0.2, 0.25) is 5.91 Å². The predicted octanol–water partition coefficient (Wildman–Crippen LogP) is 4.98. The Morgan fingerprint density at radius 3 is 2.64 bits per heavy atom. The Morgan fingerprint density at radius 2 is 1.95 bits per heavy atom. The van der Waals surface area contributed by atoms with E-state index in [1.54, 1.807) is 12.1 Å². The first-order valence-corrected chi connectivity index (χ1v) is 7.49. The highest BCUT2D eigenvalue weighted by Crippen LogP contribution is 2.37. The number of alkyl halides is 2. The van der Waals surface area contributed by atoms with Crippen molar-refractivity contribution in [3.8, 4) is 0 Å². The Kier molecular flexibility index (Phi) is 5.74. The van der Waals surface area contributed by atoms with Crippen molar-refractivity contribution in [1.82, 2.24) is 0 Å². The molecule has 0 aliphatic rings. The molecule has 0 bridgehead atoms. The van der Waals surface area contributed by atoms with Gasteiger partial charge in [-0.25, -0.2) is 4.39 Å². The quantitative estimate of drug-likeness (QED) is 0.775. The van der Waals surface area contributed by atoms with E-state index in [0.29, 0.717) is 5.56 Å². The van der Waals surface area contributed by atoms with Crippen molar-refractivity contribution in [2.24, 2.45) is 0 Å². The fourth-order valence-electron chi connectivity index (χ4n) is 1.84. The summed E-state index contributed by atoms with van der Waals surface area (Å²) in [5, 5.41) is 2.66. The lowest BCUT2D eigenvalue weighted by molar-refractivity contribution is -0.115. The third-order valence-corrected chi connectivity index (χ3v) is 3.98. The van der Waals surface area contributed by atoms with E-state index in [0.717, 1.165) is 0 Å². The van der Waals surface area contributed by atoms with Crippen molar-refractivity contribution < 1.29 is 18.0 Å². The Labute approximate surface area is 134 Å². The molecule has 1 N–H and O–H groups in total. The summed E-state index contributed by atoms with van der Waals surface area (Å²) in [6, 6.07) is 10.1. The van der Waals surface area contributed by atoms with Gasteiger partial charge in [-0.05, 0) is 29.8 Å². The van der Waals surface area contributed by atoms with Crippen LogP contribution in [0, 0.1) is 5.82 Å². The van der Waals surface area contributed by atoms with Gasteiger partial charge >= 0.3 is 0 Å². The second kappa shape index (κ2) is 7.56. The summed E-state index contributed by atoms with van der Waals surface area (Å²) in [6.07, 6.45) is -0.0664. The second-order valence-electron chi connectivity index (χ2n) is 4.35. The molecule has 0 aromatic heterocycles. The fraction of sp³-hybridized carbons (Fsp3) is 0.133. The minimum atomic E-state index is -2.65. The largest absolute Gasteiger partial charge is 0.325 e. The van der Waals surface area contributed by atoms with E-state index in [2.05, 4.69) is 5.32 Å². The highest BCUT2D eigenvalue weighted by Gasteiger charge is 2.15. The van der Waals surface area contributed by atoms with Gasteiger partial charge in [0.25, 0.3) is 5.76 Å². The van der Waals surface area contributed by atoms with Gasteiger partial charge in [0.05, 0.1) is 22.0 Å². The normalized spacial score (nSPS) is 10.8. The number of rotatable bonds is 5. The van der Waals surface area contributed by atoms with Gasteiger partial charge in [-0.1, -0.05) is 41.6 Å². The zero-order valence-corrected chi connectivity index (χ0v) is 12.7. The molecule has 0 aliphatic carbocycles. The number of hydrogen-bond donors (Lipinski definition) is 1. The lowest BCUT2D eigenvalue weighted by Crippen LogP contribution is -2.15. The van der Waals surface area contributed by atoms with E-state index < -0.39 is 17.5 Å². The highest BCUT2D eigenvalue weighted by molar-refractivity contribution is 7.99. The number of carbonyl (C=O) groups excluding carboxylic acids is 1. The number of thioether (sulfide) groups is 1.